The van der Waals surface area contributed by atoms with E-state index < -0.39 is 6.10 Å². The van der Waals surface area contributed by atoms with Crippen LogP contribution in [-0.4, -0.2) is 42.9 Å². The highest BCUT2D eigenvalue weighted by molar-refractivity contribution is 5.93. The lowest BCUT2D eigenvalue weighted by Gasteiger charge is -2.19. The SMILES string of the molecule is Cl.Cl.NC[C@H]1CC[C@@H](C(=O)Nc2cccc(-c3ccc4c(c3)OCCO4)n2)O1. The van der Waals surface area contributed by atoms with E-state index in [0.29, 0.717) is 37.7 Å². The number of amides is 1. The summed E-state index contributed by atoms with van der Waals surface area (Å²) in [6.45, 7) is 1.52. The van der Waals surface area contributed by atoms with Gasteiger partial charge in [0.15, 0.2) is 11.5 Å². The molecule has 3 heterocycles. The van der Waals surface area contributed by atoms with E-state index in [4.69, 9.17) is 19.9 Å². The molecular formula is C19H23Cl2N3O4. The van der Waals surface area contributed by atoms with Gasteiger partial charge in [-0.2, -0.15) is 0 Å². The summed E-state index contributed by atoms with van der Waals surface area (Å²) in [5, 5.41) is 2.83. The molecule has 0 bridgehead atoms. The summed E-state index contributed by atoms with van der Waals surface area (Å²) in [6.07, 6.45) is 0.973. The molecule has 1 saturated heterocycles. The largest absolute Gasteiger partial charge is 0.486 e. The van der Waals surface area contributed by atoms with Crippen LogP contribution in [0.3, 0.4) is 0 Å². The Labute approximate surface area is 175 Å². The van der Waals surface area contributed by atoms with Crippen molar-refractivity contribution >= 4 is 36.5 Å². The van der Waals surface area contributed by atoms with E-state index in [1.807, 2.05) is 30.3 Å². The Balaban J connectivity index is 0.00000140. The standard InChI is InChI=1S/C19H21N3O4.2ClH/c20-11-13-5-7-16(26-13)19(23)22-18-3-1-2-14(21-18)12-4-6-15-17(10-12)25-9-8-24-15;;/h1-4,6,10,13,16H,5,7-9,11,20H2,(H,21,22,23);2*1H/t13-,16+;;/m1../s1. The van der Waals surface area contributed by atoms with Crippen molar-refractivity contribution in [2.75, 3.05) is 25.1 Å². The average Bonchev–Trinajstić information content (AvgIpc) is 3.17. The highest BCUT2D eigenvalue weighted by Gasteiger charge is 2.30. The molecule has 0 unspecified atom stereocenters. The van der Waals surface area contributed by atoms with Gasteiger partial charge in [0.2, 0.25) is 0 Å². The molecule has 2 atom stereocenters. The molecular weight excluding hydrogens is 405 g/mol. The van der Waals surface area contributed by atoms with Crippen molar-refractivity contribution in [2.45, 2.75) is 25.0 Å². The zero-order chi connectivity index (χ0) is 17.9. The van der Waals surface area contributed by atoms with Crippen LogP contribution < -0.4 is 20.5 Å². The van der Waals surface area contributed by atoms with E-state index >= 15 is 0 Å². The molecule has 0 radical (unpaired) electrons. The summed E-state index contributed by atoms with van der Waals surface area (Å²) < 4.78 is 16.8. The van der Waals surface area contributed by atoms with Gasteiger partial charge < -0.3 is 25.3 Å². The van der Waals surface area contributed by atoms with Crippen LogP contribution in [0, 0.1) is 0 Å². The molecule has 1 aromatic heterocycles. The fourth-order valence-electron chi connectivity index (χ4n) is 3.15. The normalized spacial score (nSPS) is 19.9. The van der Waals surface area contributed by atoms with E-state index in [-0.39, 0.29) is 36.8 Å². The first-order valence-corrected chi connectivity index (χ1v) is 8.76. The summed E-state index contributed by atoms with van der Waals surface area (Å²) in [5.41, 5.74) is 7.23. The molecule has 1 fully saturated rings. The molecule has 3 N–H and O–H groups in total. The number of ether oxygens (including phenoxy) is 3. The van der Waals surface area contributed by atoms with Gasteiger partial charge in [0, 0.05) is 12.1 Å². The molecule has 9 heteroatoms. The summed E-state index contributed by atoms with van der Waals surface area (Å²) in [4.78, 5) is 16.9. The quantitative estimate of drug-likeness (QED) is 0.778. The number of rotatable bonds is 4. The number of carbonyl (C=O) groups excluding carboxylic acids is 1. The zero-order valence-electron chi connectivity index (χ0n) is 15.1. The molecule has 1 aromatic carbocycles. The second-order valence-corrected chi connectivity index (χ2v) is 6.32. The third-order valence-corrected chi connectivity index (χ3v) is 4.50. The van der Waals surface area contributed by atoms with Crippen LogP contribution in [0.2, 0.25) is 0 Å². The Hall–Kier alpha value is -2.06. The average molecular weight is 428 g/mol. The van der Waals surface area contributed by atoms with Gasteiger partial charge in [-0.25, -0.2) is 4.98 Å². The number of aromatic nitrogens is 1. The van der Waals surface area contributed by atoms with Crippen molar-refractivity contribution in [3.8, 4) is 22.8 Å². The molecule has 2 aliphatic heterocycles. The number of carbonyl (C=O) groups is 1. The molecule has 0 aliphatic carbocycles. The number of halogens is 2. The molecule has 0 saturated carbocycles. The number of fused-ring (bicyclic) bond motifs is 1. The maximum absolute atomic E-state index is 12.4. The number of pyridine rings is 1. The van der Waals surface area contributed by atoms with Crippen LogP contribution in [0.25, 0.3) is 11.3 Å². The lowest BCUT2D eigenvalue weighted by molar-refractivity contribution is -0.126. The Bertz CT molecular complexity index is 822. The molecule has 1 amide bonds. The van der Waals surface area contributed by atoms with E-state index in [1.165, 1.54) is 0 Å². The minimum atomic E-state index is -0.469. The van der Waals surface area contributed by atoms with Crippen molar-refractivity contribution in [3.63, 3.8) is 0 Å². The summed E-state index contributed by atoms with van der Waals surface area (Å²) in [6, 6.07) is 11.2. The van der Waals surface area contributed by atoms with Crippen LogP contribution in [0.1, 0.15) is 12.8 Å². The third-order valence-electron chi connectivity index (χ3n) is 4.50. The Morgan fingerprint density at radius 3 is 2.64 bits per heavy atom. The van der Waals surface area contributed by atoms with Crippen LogP contribution >= 0.6 is 24.8 Å². The van der Waals surface area contributed by atoms with Crippen LogP contribution in [0.4, 0.5) is 5.82 Å². The van der Waals surface area contributed by atoms with Gasteiger partial charge in [-0.1, -0.05) is 6.07 Å². The van der Waals surface area contributed by atoms with E-state index in [1.54, 1.807) is 6.07 Å². The van der Waals surface area contributed by atoms with Gasteiger partial charge in [-0.3, -0.25) is 4.79 Å². The van der Waals surface area contributed by atoms with Crippen LogP contribution in [0.15, 0.2) is 36.4 Å². The first kappa shape index (κ1) is 22.2. The Morgan fingerprint density at radius 2 is 1.89 bits per heavy atom. The summed E-state index contributed by atoms with van der Waals surface area (Å²) >= 11 is 0. The van der Waals surface area contributed by atoms with E-state index in [2.05, 4.69) is 10.3 Å². The Morgan fingerprint density at radius 1 is 1.11 bits per heavy atom. The maximum Gasteiger partial charge on any atom is 0.254 e. The third kappa shape index (κ3) is 4.86. The van der Waals surface area contributed by atoms with Crippen molar-refractivity contribution in [2.24, 2.45) is 5.73 Å². The van der Waals surface area contributed by atoms with Gasteiger partial charge in [0.1, 0.15) is 25.1 Å². The number of hydrogen-bond acceptors (Lipinski definition) is 6. The smallest absolute Gasteiger partial charge is 0.254 e. The van der Waals surface area contributed by atoms with Crippen molar-refractivity contribution < 1.29 is 19.0 Å². The molecule has 7 nitrogen and oxygen atoms in total. The predicted octanol–water partition coefficient (Wildman–Crippen LogP) is 2.81. The predicted molar refractivity (Wildman–Crippen MR) is 111 cm³/mol. The second kappa shape index (κ2) is 9.93. The molecule has 28 heavy (non-hydrogen) atoms. The van der Waals surface area contributed by atoms with E-state index in [9.17, 15) is 4.79 Å². The monoisotopic (exact) mass is 427 g/mol. The summed E-state index contributed by atoms with van der Waals surface area (Å²) in [5.74, 6) is 1.74. The van der Waals surface area contributed by atoms with Crippen LogP contribution in [-0.2, 0) is 9.53 Å². The Kier molecular flexibility index (Phi) is 7.88. The number of benzene rings is 1. The number of nitrogens with zero attached hydrogens (tertiary/aromatic N) is 1. The summed E-state index contributed by atoms with van der Waals surface area (Å²) in [7, 11) is 0. The fraction of sp³-hybridized carbons (Fsp3) is 0.368. The first-order valence-electron chi connectivity index (χ1n) is 8.76. The lowest BCUT2D eigenvalue weighted by atomic mass is 10.1. The highest BCUT2D eigenvalue weighted by Crippen LogP contribution is 2.34. The van der Waals surface area contributed by atoms with Gasteiger partial charge in [-0.05, 0) is 43.2 Å². The lowest BCUT2D eigenvalue weighted by Crippen LogP contribution is -2.30. The number of hydrogen-bond donors (Lipinski definition) is 2. The molecule has 0 spiro atoms. The number of nitrogens with two attached hydrogens (primary N) is 1. The first-order chi connectivity index (χ1) is 12.7. The van der Waals surface area contributed by atoms with Crippen molar-refractivity contribution in [1.82, 2.24) is 4.98 Å². The topological polar surface area (TPSA) is 95.7 Å². The van der Waals surface area contributed by atoms with Gasteiger partial charge in [-0.15, -0.1) is 24.8 Å². The molecule has 2 aliphatic rings. The maximum atomic E-state index is 12.4. The molecule has 152 valence electrons. The zero-order valence-corrected chi connectivity index (χ0v) is 16.8. The van der Waals surface area contributed by atoms with Crippen LogP contribution in [0.5, 0.6) is 11.5 Å². The van der Waals surface area contributed by atoms with Gasteiger partial charge >= 0.3 is 0 Å². The number of nitrogens with one attached hydrogen (secondary N) is 1. The van der Waals surface area contributed by atoms with E-state index in [0.717, 1.165) is 23.4 Å². The van der Waals surface area contributed by atoms with Crippen molar-refractivity contribution in [3.05, 3.63) is 36.4 Å². The van der Waals surface area contributed by atoms with Gasteiger partial charge in [0.25, 0.3) is 5.91 Å². The van der Waals surface area contributed by atoms with Gasteiger partial charge in [0.05, 0.1) is 11.8 Å². The molecule has 2 aromatic rings. The minimum absolute atomic E-state index is 0. The second-order valence-electron chi connectivity index (χ2n) is 6.32. The number of anilines is 1. The molecule has 4 rings (SSSR count). The highest BCUT2D eigenvalue weighted by atomic mass is 35.5. The fourth-order valence-corrected chi connectivity index (χ4v) is 3.15. The van der Waals surface area contributed by atoms with Crippen molar-refractivity contribution in [1.29, 1.82) is 0 Å². The minimum Gasteiger partial charge on any atom is -0.486 e.